The van der Waals surface area contributed by atoms with Gasteiger partial charge < -0.3 is 15.3 Å². The minimum atomic E-state index is -1.03. The van der Waals surface area contributed by atoms with Gasteiger partial charge in [0.1, 0.15) is 6.04 Å². The molecule has 0 radical (unpaired) electrons. The lowest BCUT2D eigenvalue weighted by atomic mass is 10.1. The molecular formula is C14H19ClN2O3. The fraction of sp³-hybridized carbons (Fsp3) is 0.429. The fourth-order valence-corrected chi connectivity index (χ4v) is 1.82. The molecule has 5 nitrogen and oxygen atoms in total. The van der Waals surface area contributed by atoms with Crippen molar-refractivity contribution in [2.75, 3.05) is 7.05 Å². The third-order valence-electron chi connectivity index (χ3n) is 2.89. The number of rotatable bonds is 5. The van der Waals surface area contributed by atoms with Crippen LogP contribution >= 0.6 is 11.6 Å². The monoisotopic (exact) mass is 298 g/mol. The summed E-state index contributed by atoms with van der Waals surface area (Å²) in [6, 6.07) is 5.83. The predicted molar refractivity (Wildman–Crippen MR) is 77.7 cm³/mol. The van der Waals surface area contributed by atoms with Gasteiger partial charge >= 0.3 is 12.0 Å². The van der Waals surface area contributed by atoms with Crippen LogP contribution in [-0.4, -0.2) is 35.1 Å². The zero-order chi connectivity index (χ0) is 15.3. The predicted octanol–water partition coefficient (Wildman–Crippen LogP) is 2.59. The van der Waals surface area contributed by atoms with Gasteiger partial charge in [-0.25, -0.2) is 9.59 Å². The quantitative estimate of drug-likeness (QED) is 0.878. The number of halogens is 1. The van der Waals surface area contributed by atoms with Gasteiger partial charge in [-0.15, -0.1) is 0 Å². The molecule has 0 unspecified atom stereocenters. The van der Waals surface area contributed by atoms with Crippen molar-refractivity contribution in [3.63, 3.8) is 0 Å². The van der Waals surface area contributed by atoms with E-state index in [1.807, 2.05) is 12.1 Å². The fourth-order valence-electron chi connectivity index (χ4n) is 1.69. The summed E-state index contributed by atoms with van der Waals surface area (Å²) >= 11 is 5.79. The number of nitrogens with zero attached hydrogens (tertiary/aromatic N) is 1. The first-order valence-electron chi connectivity index (χ1n) is 6.30. The van der Waals surface area contributed by atoms with Gasteiger partial charge in [-0.3, -0.25) is 0 Å². The Morgan fingerprint density at radius 3 is 2.30 bits per heavy atom. The maximum atomic E-state index is 12.0. The minimum Gasteiger partial charge on any atom is -0.480 e. The molecule has 1 aromatic carbocycles. The highest BCUT2D eigenvalue weighted by molar-refractivity contribution is 6.30. The van der Waals surface area contributed by atoms with Crippen LogP contribution in [0.15, 0.2) is 24.3 Å². The number of urea groups is 1. The van der Waals surface area contributed by atoms with Crippen molar-refractivity contribution in [1.29, 1.82) is 0 Å². The van der Waals surface area contributed by atoms with E-state index in [0.29, 0.717) is 11.6 Å². The third-order valence-corrected chi connectivity index (χ3v) is 3.14. The van der Waals surface area contributed by atoms with Gasteiger partial charge in [0.15, 0.2) is 0 Å². The van der Waals surface area contributed by atoms with Crippen molar-refractivity contribution >= 4 is 23.6 Å². The lowest BCUT2D eigenvalue weighted by molar-refractivity contribution is -0.140. The lowest BCUT2D eigenvalue weighted by Crippen LogP contribution is -2.48. The van der Waals surface area contributed by atoms with Crippen LogP contribution in [0.2, 0.25) is 5.02 Å². The van der Waals surface area contributed by atoms with Crippen LogP contribution in [0.25, 0.3) is 0 Å². The van der Waals surface area contributed by atoms with Crippen LogP contribution < -0.4 is 5.32 Å². The molecule has 110 valence electrons. The van der Waals surface area contributed by atoms with E-state index in [1.54, 1.807) is 33.0 Å². The van der Waals surface area contributed by atoms with E-state index in [0.717, 1.165) is 5.56 Å². The SMILES string of the molecule is CC(C)[C@@H](NC(=O)N(C)Cc1ccc(Cl)cc1)C(=O)O. The Morgan fingerprint density at radius 2 is 1.85 bits per heavy atom. The van der Waals surface area contributed by atoms with Crippen molar-refractivity contribution < 1.29 is 14.7 Å². The van der Waals surface area contributed by atoms with Crippen LogP contribution in [0.5, 0.6) is 0 Å². The minimum absolute atomic E-state index is 0.180. The third kappa shape index (κ3) is 4.74. The van der Waals surface area contributed by atoms with Gasteiger partial charge in [0.05, 0.1) is 0 Å². The maximum absolute atomic E-state index is 12.0. The molecule has 0 saturated heterocycles. The highest BCUT2D eigenvalue weighted by atomic mass is 35.5. The summed E-state index contributed by atoms with van der Waals surface area (Å²) in [4.78, 5) is 24.4. The molecule has 6 heteroatoms. The Hall–Kier alpha value is -1.75. The average molecular weight is 299 g/mol. The zero-order valence-corrected chi connectivity index (χ0v) is 12.5. The number of nitrogens with one attached hydrogen (secondary N) is 1. The van der Waals surface area contributed by atoms with E-state index in [1.165, 1.54) is 4.90 Å². The summed E-state index contributed by atoms with van der Waals surface area (Å²) < 4.78 is 0. The van der Waals surface area contributed by atoms with E-state index < -0.39 is 18.0 Å². The smallest absolute Gasteiger partial charge is 0.326 e. The van der Waals surface area contributed by atoms with E-state index in [2.05, 4.69) is 5.32 Å². The summed E-state index contributed by atoms with van der Waals surface area (Å²) in [6.45, 7) is 3.88. The number of benzene rings is 1. The first-order valence-corrected chi connectivity index (χ1v) is 6.68. The normalized spacial score (nSPS) is 12.1. The highest BCUT2D eigenvalue weighted by Gasteiger charge is 2.24. The summed E-state index contributed by atoms with van der Waals surface area (Å²) in [5, 5.41) is 12.2. The highest BCUT2D eigenvalue weighted by Crippen LogP contribution is 2.11. The number of carboxylic acid groups (broad SMARTS) is 1. The van der Waals surface area contributed by atoms with Crippen LogP contribution in [0.4, 0.5) is 4.79 Å². The van der Waals surface area contributed by atoms with E-state index >= 15 is 0 Å². The molecule has 1 aromatic rings. The summed E-state index contributed by atoms with van der Waals surface area (Å²) in [7, 11) is 1.61. The molecule has 2 N–H and O–H groups in total. The number of amides is 2. The molecule has 1 rings (SSSR count). The number of carbonyl (C=O) groups excluding carboxylic acids is 1. The van der Waals surface area contributed by atoms with Gasteiger partial charge in [0.25, 0.3) is 0 Å². The molecule has 0 heterocycles. The summed E-state index contributed by atoms with van der Waals surface area (Å²) in [5.41, 5.74) is 0.920. The van der Waals surface area contributed by atoms with E-state index in [9.17, 15) is 9.59 Å². The maximum Gasteiger partial charge on any atom is 0.326 e. The second kappa shape index (κ2) is 7.14. The molecule has 0 aliphatic heterocycles. The Balaban J connectivity index is 2.62. The van der Waals surface area contributed by atoms with Crippen molar-refractivity contribution in [3.8, 4) is 0 Å². The van der Waals surface area contributed by atoms with E-state index in [4.69, 9.17) is 16.7 Å². The largest absolute Gasteiger partial charge is 0.480 e. The molecule has 20 heavy (non-hydrogen) atoms. The van der Waals surface area contributed by atoms with Gasteiger partial charge in [-0.2, -0.15) is 0 Å². The van der Waals surface area contributed by atoms with Crippen molar-refractivity contribution in [2.45, 2.75) is 26.4 Å². The average Bonchev–Trinajstić information content (AvgIpc) is 2.37. The van der Waals surface area contributed by atoms with Gasteiger partial charge in [0, 0.05) is 18.6 Å². The summed E-state index contributed by atoms with van der Waals surface area (Å²) in [5.74, 6) is -1.21. The van der Waals surface area contributed by atoms with Crippen molar-refractivity contribution in [1.82, 2.24) is 10.2 Å². The Bertz CT molecular complexity index is 474. The molecule has 0 bridgehead atoms. The molecule has 1 atom stereocenters. The molecule has 0 spiro atoms. The number of carboxylic acids is 1. The second-order valence-electron chi connectivity index (χ2n) is 4.99. The molecule has 0 fully saturated rings. The molecular weight excluding hydrogens is 280 g/mol. The van der Waals surface area contributed by atoms with Crippen LogP contribution in [0.1, 0.15) is 19.4 Å². The molecule has 0 saturated carbocycles. The van der Waals surface area contributed by atoms with Gasteiger partial charge in [0.2, 0.25) is 0 Å². The standard InChI is InChI=1S/C14H19ClN2O3/c1-9(2)12(13(18)19)16-14(20)17(3)8-10-4-6-11(15)7-5-10/h4-7,9,12H,8H2,1-3H3,(H,16,20)(H,18,19)/t12-/m1/s1. The Kier molecular flexibility index (Phi) is 5.82. The molecule has 0 aromatic heterocycles. The van der Waals surface area contributed by atoms with Gasteiger partial charge in [-0.05, 0) is 23.6 Å². The molecule has 2 amide bonds. The first kappa shape index (κ1) is 16.3. The lowest BCUT2D eigenvalue weighted by Gasteiger charge is -2.23. The number of hydrogen-bond donors (Lipinski definition) is 2. The molecule has 0 aliphatic rings. The van der Waals surface area contributed by atoms with Crippen LogP contribution in [0, 0.1) is 5.92 Å². The molecule has 0 aliphatic carbocycles. The topological polar surface area (TPSA) is 69.6 Å². The van der Waals surface area contributed by atoms with E-state index in [-0.39, 0.29) is 5.92 Å². The number of aliphatic carboxylic acids is 1. The van der Waals surface area contributed by atoms with Crippen molar-refractivity contribution in [3.05, 3.63) is 34.9 Å². The van der Waals surface area contributed by atoms with Crippen LogP contribution in [0.3, 0.4) is 0 Å². The Labute approximate surface area is 123 Å². The second-order valence-corrected chi connectivity index (χ2v) is 5.43. The summed E-state index contributed by atoms with van der Waals surface area (Å²) in [6.07, 6.45) is 0. The number of hydrogen-bond acceptors (Lipinski definition) is 2. The first-order chi connectivity index (χ1) is 9.31. The number of carbonyl (C=O) groups is 2. The van der Waals surface area contributed by atoms with Crippen LogP contribution in [-0.2, 0) is 11.3 Å². The van der Waals surface area contributed by atoms with Gasteiger partial charge in [-0.1, -0.05) is 37.6 Å². The van der Waals surface area contributed by atoms with Crippen molar-refractivity contribution in [2.24, 2.45) is 5.92 Å². The zero-order valence-electron chi connectivity index (χ0n) is 11.8. The Morgan fingerprint density at radius 1 is 1.30 bits per heavy atom.